The molecule has 0 saturated carbocycles. The van der Waals surface area contributed by atoms with Gasteiger partial charge < -0.3 is 15.0 Å². The molecule has 6 heteroatoms. The van der Waals surface area contributed by atoms with Crippen molar-refractivity contribution < 1.29 is 9.53 Å². The first-order valence-electron chi connectivity index (χ1n) is 9.49. The van der Waals surface area contributed by atoms with Gasteiger partial charge in [-0.15, -0.1) is 0 Å². The Bertz CT molecular complexity index is 938. The lowest BCUT2D eigenvalue weighted by Gasteiger charge is -2.28. The fraction of sp³-hybridized carbons (Fsp3) is 0.273. The molecule has 0 fully saturated rings. The molecule has 4 rings (SSSR count). The Hall–Kier alpha value is -3.28. The fourth-order valence-corrected chi connectivity index (χ4v) is 3.51. The average Bonchev–Trinajstić information content (AvgIpc) is 3.07. The van der Waals surface area contributed by atoms with Crippen molar-refractivity contribution in [1.82, 2.24) is 20.0 Å². The minimum absolute atomic E-state index is 0.0479. The van der Waals surface area contributed by atoms with Crippen LogP contribution in [0.15, 0.2) is 60.7 Å². The number of ether oxygens (including phenoxy) is 1. The lowest BCUT2D eigenvalue weighted by molar-refractivity contribution is 0.190. The summed E-state index contributed by atoms with van der Waals surface area (Å²) in [5.74, 6) is 0.815. The molecule has 1 aliphatic heterocycles. The summed E-state index contributed by atoms with van der Waals surface area (Å²) in [4.78, 5) is 14.5. The van der Waals surface area contributed by atoms with Crippen LogP contribution in [0.25, 0.3) is 0 Å². The molecule has 2 amide bonds. The number of amides is 2. The number of fused-ring (bicyclic) bond motifs is 1. The van der Waals surface area contributed by atoms with Crippen molar-refractivity contribution in [2.45, 2.75) is 26.1 Å². The number of carbonyl (C=O) groups is 1. The molecule has 6 nitrogen and oxygen atoms in total. The molecule has 2 heterocycles. The first kappa shape index (κ1) is 18.1. The van der Waals surface area contributed by atoms with Crippen molar-refractivity contribution in [1.29, 1.82) is 0 Å². The molecular weight excluding hydrogens is 352 g/mol. The van der Waals surface area contributed by atoms with Crippen LogP contribution in [-0.4, -0.2) is 27.3 Å². The van der Waals surface area contributed by atoms with Gasteiger partial charge in [-0.25, -0.2) is 4.79 Å². The number of hydrogen-bond donors (Lipinski definition) is 1. The SMILES string of the molecule is Cn1nc(COc2ccccc2)c2c1CCN(C(=O)NCc1ccccc1)C2. The van der Waals surface area contributed by atoms with Gasteiger partial charge in [0.15, 0.2) is 0 Å². The third kappa shape index (κ3) is 4.01. The highest BCUT2D eigenvalue weighted by Crippen LogP contribution is 2.23. The number of aromatic nitrogens is 2. The maximum Gasteiger partial charge on any atom is 0.317 e. The lowest BCUT2D eigenvalue weighted by Crippen LogP contribution is -2.42. The molecule has 0 radical (unpaired) electrons. The maximum absolute atomic E-state index is 12.6. The highest BCUT2D eigenvalue weighted by atomic mass is 16.5. The van der Waals surface area contributed by atoms with E-state index in [0.29, 0.717) is 26.2 Å². The van der Waals surface area contributed by atoms with Gasteiger partial charge in [0.2, 0.25) is 0 Å². The predicted molar refractivity (Wildman–Crippen MR) is 107 cm³/mol. The minimum atomic E-state index is -0.0479. The molecule has 0 spiro atoms. The van der Waals surface area contributed by atoms with E-state index in [1.165, 1.54) is 5.69 Å². The van der Waals surface area contributed by atoms with Crippen LogP contribution < -0.4 is 10.1 Å². The van der Waals surface area contributed by atoms with Gasteiger partial charge in [0.05, 0.1) is 6.54 Å². The van der Waals surface area contributed by atoms with Crippen LogP contribution in [0.1, 0.15) is 22.5 Å². The van der Waals surface area contributed by atoms with Crippen LogP contribution in [0.4, 0.5) is 4.79 Å². The maximum atomic E-state index is 12.6. The topological polar surface area (TPSA) is 59.4 Å². The zero-order valence-electron chi connectivity index (χ0n) is 16.0. The number of nitrogens with zero attached hydrogens (tertiary/aromatic N) is 3. The van der Waals surface area contributed by atoms with Crippen molar-refractivity contribution in [3.05, 3.63) is 83.2 Å². The highest BCUT2D eigenvalue weighted by Gasteiger charge is 2.26. The van der Waals surface area contributed by atoms with Crippen LogP contribution in [0.3, 0.4) is 0 Å². The standard InChI is InChI=1S/C22H24N4O2/c1-25-21-12-13-26(22(27)23-14-17-8-4-2-5-9-17)15-19(21)20(24-25)16-28-18-10-6-3-7-11-18/h2-11H,12-16H2,1H3,(H,23,27). The number of nitrogens with one attached hydrogen (secondary N) is 1. The normalized spacial score (nSPS) is 13.1. The number of urea groups is 1. The molecule has 0 bridgehead atoms. The van der Waals surface area contributed by atoms with E-state index in [9.17, 15) is 4.79 Å². The molecule has 0 saturated heterocycles. The summed E-state index contributed by atoms with van der Waals surface area (Å²) in [6, 6.07) is 19.6. The number of para-hydroxylation sites is 1. The van der Waals surface area contributed by atoms with E-state index in [2.05, 4.69) is 10.4 Å². The van der Waals surface area contributed by atoms with E-state index in [1.54, 1.807) is 0 Å². The molecule has 1 aliphatic rings. The first-order chi connectivity index (χ1) is 13.7. The Balaban J connectivity index is 1.41. The Morgan fingerprint density at radius 2 is 1.82 bits per heavy atom. The van der Waals surface area contributed by atoms with E-state index in [1.807, 2.05) is 77.3 Å². The van der Waals surface area contributed by atoms with Crippen molar-refractivity contribution >= 4 is 6.03 Å². The molecule has 1 aromatic heterocycles. The van der Waals surface area contributed by atoms with Gasteiger partial charge in [0.1, 0.15) is 18.1 Å². The second-order valence-corrected chi connectivity index (χ2v) is 6.91. The Kier molecular flexibility index (Phi) is 5.28. The molecule has 0 atom stereocenters. The smallest absolute Gasteiger partial charge is 0.317 e. The van der Waals surface area contributed by atoms with Gasteiger partial charge in [-0.1, -0.05) is 48.5 Å². The van der Waals surface area contributed by atoms with E-state index in [-0.39, 0.29) is 6.03 Å². The van der Waals surface area contributed by atoms with Gasteiger partial charge in [0.25, 0.3) is 0 Å². The van der Waals surface area contributed by atoms with Crippen LogP contribution in [0.5, 0.6) is 5.75 Å². The molecule has 3 aromatic rings. The molecule has 1 N–H and O–H groups in total. The van der Waals surface area contributed by atoms with Crippen LogP contribution in [-0.2, 0) is 33.2 Å². The summed E-state index contributed by atoms with van der Waals surface area (Å²) in [7, 11) is 1.95. The summed E-state index contributed by atoms with van der Waals surface area (Å²) in [6.45, 7) is 2.16. The van der Waals surface area contributed by atoms with Gasteiger partial charge in [-0.3, -0.25) is 4.68 Å². The van der Waals surface area contributed by atoms with Crippen molar-refractivity contribution in [2.75, 3.05) is 6.54 Å². The molecule has 2 aromatic carbocycles. The van der Waals surface area contributed by atoms with Crippen LogP contribution in [0.2, 0.25) is 0 Å². The zero-order chi connectivity index (χ0) is 19.3. The number of benzene rings is 2. The number of aryl methyl sites for hydroxylation is 1. The number of rotatable bonds is 5. The summed E-state index contributed by atoms with van der Waals surface area (Å²) in [5, 5.41) is 7.64. The van der Waals surface area contributed by atoms with Gasteiger partial charge in [0, 0.05) is 37.8 Å². The molecular formula is C22H24N4O2. The van der Waals surface area contributed by atoms with Crippen molar-refractivity contribution in [3.63, 3.8) is 0 Å². The predicted octanol–water partition coefficient (Wildman–Crippen LogP) is 3.27. The monoisotopic (exact) mass is 376 g/mol. The summed E-state index contributed by atoms with van der Waals surface area (Å²) in [6.07, 6.45) is 0.795. The Morgan fingerprint density at radius 3 is 2.57 bits per heavy atom. The molecule has 0 unspecified atom stereocenters. The summed E-state index contributed by atoms with van der Waals surface area (Å²) in [5.41, 5.74) is 4.26. The minimum Gasteiger partial charge on any atom is -0.487 e. The zero-order valence-corrected chi connectivity index (χ0v) is 16.0. The highest BCUT2D eigenvalue weighted by molar-refractivity contribution is 5.74. The van der Waals surface area contributed by atoms with E-state index < -0.39 is 0 Å². The quantitative estimate of drug-likeness (QED) is 0.744. The van der Waals surface area contributed by atoms with Gasteiger partial charge in [-0.2, -0.15) is 5.10 Å². The number of hydrogen-bond acceptors (Lipinski definition) is 3. The first-order valence-corrected chi connectivity index (χ1v) is 9.49. The van der Waals surface area contributed by atoms with E-state index in [0.717, 1.165) is 29.0 Å². The molecule has 28 heavy (non-hydrogen) atoms. The van der Waals surface area contributed by atoms with Crippen LogP contribution >= 0.6 is 0 Å². The van der Waals surface area contributed by atoms with Gasteiger partial charge >= 0.3 is 6.03 Å². The molecule has 144 valence electrons. The molecule has 0 aliphatic carbocycles. The largest absolute Gasteiger partial charge is 0.487 e. The Labute approximate surface area is 164 Å². The number of carbonyl (C=O) groups excluding carboxylic acids is 1. The lowest BCUT2D eigenvalue weighted by atomic mass is 10.1. The third-order valence-corrected chi connectivity index (χ3v) is 5.02. The van der Waals surface area contributed by atoms with Gasteiger partial charge in [-0.05, 0) is 17.7 Å². The summed E-state index contributed by atoms with van der Waals surface area (Å²) < 4.78 is 7.79. The summed E-state index contributed by atoms with van der Waals surface area (Å²) >= 11 is 0. The Morgan fingerprint density at radius 1 is 1.11 bits per heavy atom. The van der Waals surface area contributed by atoms with Crippen LogP contribution in [0, 0.1) is 0 Å². The average molecular weight is 376 g/mol. The second kappa shape index (κ2) is 8.17. The van der Waals surface area contributed by atoms with Crippen molar-refractivity contribution in [3.8, 4) is 5.75 Å². The van der Waals surface area contributed by atoms with E-state index in [4.69, 9.17) is 4.74 Å². The fourth-order valence-electron chi connectivity index (χ4n) is 3.51. The van der Waals surface area contributed by atoms with E-state index >= 15 is 0 Å². The third-order valence-electron chi connectivity index (χ3n) is 5.02. The second-order valence-electron chi connectivity index (χ2n) is 6.91. The van der Waals surface area contributed by atoms with Crippen molar-refractivity contribution in [2.24, 2.45) is 7.05 Å².